The molecular weight excluding hydrogens is 242 g/mol. The minimum atomic E-state index is 0.437. The second-order valence-corrected chi connectivity index (χ2v) is 5.47. The molecule has 0 radical (unpaired) electrons. The van der Waals surface area contributed by atoms with Gasteiger partial charge in [0, 0.05) is 17.7 Å². The van der Waals surface area contributed by atoms with Gasteiger partial charge in [-0.05, 0) is 30.8 Å². The van der Waals surface area contributed by atoms with Crippen LogP contribution in [0, 0.1) is 11.3 Å². The van der Waals surface area contributed by atoms with E-state index in [1.807, 2.05) is 19.9 Å². The predicted octanol–water partition coefficient (Wildman–Crippen LogP) is 4.91. The lowest BCUT2D eigenvalue weighted by atomic mass is 9.82. The zero-order chi connectivity index (χ0) is 14.6. The Bertz CT molecular complexity index is 490. The number of rotatable bonds is 4. The Hall–Kier alpha value is -1.50. The van der Waals surface area contributed by atoms with E-state index in [0.29, 0.717) is 5.41 Å². The second kappa shape index (κ2) is 6.30. The van der Waals surface area contributed by atoms with Gasteiger partial charge in [0.25, 0.3) is 0 Å². The summed E-state index contributed by atoms with van der Waals surface area (Å²) >= 11 is 0. The molecule has 0 spiro atoms. The summed E-state index contributed by atoms with van der Waals surface area (Å²) in [5.41, 5.74) is 4.96. The molecule has 0 aromatic rings. The molecule has 1 nitrogen and oxygen atoms in total. The van der Waals surface area contributed by atoms with Crippen molar-refractivity contribution in [1.82, 2.24) is 5.32 Å². The topological polar surface area (TPSA) is 12.0 Å². The highest BCUT2D eigenvalue weighted by Gasteiger charge is 2.58. The van der Waals surface area contributed by atoms with E-state index in [2.05, 4.69) is 49.2 Å². The van der Waals surface area contributed by atoms with Crippen LogP contribution < -0.4 is 5.32 Å². The first kappa shape index (κ1) is 14.9. The van der Waals surface area contributed by atoms with Crippen molar-refractivity contribution in [1.29, 1.82) is 0 Å². The zero-order valence-corrected chi connectivity index (χ0v) is 13.1. The van der Waals surface area contributed by atoms with Crippen LogP contribution in [0.1, 0.15) is 40.0 Å². The van der Waals surface area contributed by atoms with Gasteiger partial charge in [-0.3, -0.25) is 0 Å². The van der Waals surface area contributed by atoms with E-state index in [4.69, 9.17) is 0 Å². The van der Waals surface area contributed by atoms with E-state index in [-0.39, 0.29) is 0 Å². The molecule has 2 atom stereocenters. The molecule has 3 rings (SSSR count). The summed E-state index contributed by atoms with van der Waals surface area (Å²) in [4.78, 5) is 0. The fourth-order valence-electron chi connectivity index (χ4n) is 3.55. The molecular formula is C19H27N. The molecule has 2 unspecified atom stereocenters. The first-order valence-corrected chi connectivity index (χ1v) is 7.95. The van der Waals surface area contributed by atoms with Crippen LogP contribution in [0.25, 0.3) is 0 Å². The van der Waals surface area contributed by atoms with Crippen LogP contribution in [0.4, 0.5) is 0 Å². The van der Waals surface area contributed by atoms with Gasteiger partial charge in [-0.15, -0.1) is 0 Å². The normalized spacial score (nSPS) is 29.8. The largest absolute Gasteiger partial charge is 0.384 e. The Labute approximate surface area is 123 Å². The van der Waals surface area contributed by atoms with Crippen molar-refractivity contribution in [2.24, 2.45) is 11.3 Å². The van der Waals surface area contributed by atoms with Gasteiger partial charge in [-0.1, -0.05) is 69.4 Å². The number of fused-ring (bicyclic) bond motifs is 2. The summed E-state index contributed by atoms with van der Waals surface area (Å²) in [6, 6.07) is 0. The van der Waals surface area contributed by atoms with Crippen LogP contribution in [0.3, 0.4) is 0 Å². The molecule has 0 amide bonds. The lowest BCUT2D eigenvalue weighted by Gasteiger charge is -2.29. The second-order valence-electron chi connectivity index (χ2n) is 5.47. The molecule has 0 aromatic carbocycles. The first-order valence-electron chi connectivity index (χ1n) is 7.95. The summed E-state index contributed by atoms with van der Waals surface area (Å²) in [6.07, 6.45) is 16.7. The van der Waals surface area contributed by atoms with Gasteiger partial charge < -0.3 is 5.32 Å². The van der Waals surface area contributed by atoms with Gasteiger partial charge in [0.05, 0.1) is 0 Å². The third-order valence-corrected chi connectivity index (χ3v) is 4.60. The summed E-state index contributed by atoms with van der Waals surface area (Å²) in [6.45, 7) is 11.1. The van der Waals surface area contributed by atoms with Crippen molar-refractivity contribution in [3.05, 3.63) is 59.9 Å². The summed E-state index contributed by atoms with van der Waals surface area (Å²) in [5, 5.41) is 3.61. The van der Waals surface area contributed by atoms with Gasteiger partial charge in [-0.25, -0.2) is 0 Å². The molecule has 3 aliphatic rings. The quantitative estimate of drug-likeness (QED) is 0.715. The van der Waals surface area contributed by atoms with Gasteiger partial charge in [0.1, 0.15) is 0 Å². The Morgan fingerprint density at radius 2 is 2.25 bits per heavy atom. The van der Waals surface area contributed by atoms with E-state index >= 15 is 0 Å². The van der Waals surface area contributed by atoms with Crippen molar-refractivity contribution in [2.45, 2.75) is 40.0 Å². The van der Waals surface area contributed by atoms with Crippen LogP contribution in [0.5, 0.6) is 0 Å². The fraction of sp³-hybridized carbons (Fsp3) is 0.474. The maximum atomic E-state index is 3.73. The molecule has 1 heteroatoms. The standard InChI is InChI=1S/C17H21N.C2H6/c1-3-5-6-8-13-11-14-9-7-10-18-16(14)17(4-2)12-15(13)17;1-2/h3,5-7,9,11,15,18H,1,4,8,10,12H2,2H3;1-2H3/b6-5+;. The number of hydrogen-bond acceptors (Lipinski definition) is 1. The van der Waals surface area contributed by atoms with Gasteiger partial charge in [0.15, 0.2) is 0 Å². The SMILES string of the molecule is C=C/C=C/CC1=CC2=C(NCC=C2)C2(CC)CC12.CC. The van der Waals surface area contributed by atoms with Gasteiger partial charge >= 0.3 is 0 Å². The first-order chi connectivity index (χ1) is 9.81. The van der Waals surface area contributed by atoms with Crippen LogP contribution in [0.15, 0.2) is 59.9 Å². The van der Waals surface area contributed by atoms with E-state index in [9.17, 15) is 0 Å². The number of hydrogen-bond donors (Lipinski definition) is 1. The molecule has 20 heavy (non-hydrogen) atoms. The fourth-order valence-corrected chi connectivity index (χ4v) is 3.55. The molecule has 108 valence electrons. The van der Waals surface area contributed by atoms with Gasteiger partial charge in [0.2, 0.25) is 0 Å². The van der Waals surface area contributed by atoms with Crippen molar-refractivity contribution in [3.8, 4) is 0 Å². The Kier molecular flexibility index (Phi) is 4.69. The van der Waals surface area contributed by atoms with Crippen molar-refractivity contribution in [3.63, 3.8) is 0 Å². The maximum absolute atomic E-state index is 3.73. The Morgan fingerprint density at radius 3 is 2.95 bits per heavy atom. The highest BCUT2D eigenvalue weighted by Crippen LogP contribution is 2.66. The molecule has 1 fully saturated rings. The monoisotopic (exact) mass is 269 g/mol. The van der Waals surface area contributed by atoms with E-state index in [1.165, 1.54) is 24.1 Å². The van der Waals surface area contributed by atoms with Gasteiger partial charge in [-0.2, -0.15) is 0 Å². The highest BCUT2D eigenvalue weighted by atomic mass is 14.9. The minimum absolute atomic E-state index is 0.437. The summed E-state index contributed by atoms with van der Waals surface area (Å²) in [7, 11) is 0. The van der Waals surface area contributed by atoms with E-state index < -0.39 is 0 Å². The summed E-state index contributed by atoms with van der Waals surface area (Å²) in [5.74, 6) is 0.773. The lowest BCUT2D eigenvalue weighted by Crippen LogP contribution is -2.28. The smallest absolute Gasteiger partial charge is 0.0331 e. The van der Waals surface area contributed by atoms with Crippen LogP contribution >= 0.6 is 0 Å². The van der Waals surface area contributed by atoms with Crippen molar-refractivity contribution >= 4 is 0 Å². The number of allylic oxidation sites excluding steroid dienone is 8. The highest BCUT2D eigenvalue weighted by molar-refractivity contribution is 5.52. The van der Waals surface area contributed by atoms with Crippen molar-refractivity contribution in [2.75, 3.05) is 6.54 Å². The molecule has 1 saturated carbocycles. The average Bonchev–Trinajstić information content (AvgIpc) is 3.26. The minimum Gasteiger partial charge on any atom is -0.384 e. The zero-order valence-electron chi connectivity index (χ0n) is 13.1. The Morgan fingerprint density at radius 1 is 1.45 bits per heavy atom. The molecule has 1 N–H and O–H groups in total. The molecule has 1 aliphatic heterocycles. The summed E-state index contributed by atoms with van der Waals surface area (Å²) < 4.78 is 0. The predicted molar refractivity (Wildman–Crippen MR) is 88.4 cm³/mol. The molecule has 0 bridgehead atoms. The maximum Gasteiger partial charge on any atom is 0.0331 e. The lowest BCUT2D eigenvalue weighted by molar-refractivity contribution is 0.489. The van der Waals surface area contributed by atoms with Crippen LogP contribution in [-0.2, 0) is 0 Å². The van der Waals surface area contributed by atoms with Crippen LogP contribution in [-0.4, -0.2) is 6.54 Å². The molecule has 2 aliphatic carbocycles. The van der Waals surface area contributed by atoms with Crippen LogP contribution in [0.2, 0.25) is 0 Å². The average molecular weight is 269 g/mol. The third-order valence-electron chi connectivity index (χ3n) is 4.60. The molecule has 0 saturated heterocycles. The van der Waals surface area contributed by atoms with E-state index in [0.717, 1.165) is 18.9 Å². The number of nitrogens with one attached hydrogen (secondary N) is 1. The molecule has 1 heterocycles. The number of dihydropyridines is 1. The van der Waals surface area contributed by atoms with E-state index in [1.54, 1.807) is 5.57 Å². The Balaban J connectivity index is 0.000000704. The van der Waals surface area contributed by atoms with Crippen molar-refractivity contribution < 1.29 is 0 Å². The third kappa shape index (κ3) is 2.42. The molecule has 0 aromatic heterocycles.